The van der Waals surface area contributed by atoms with Gasteiger partial charge < -0.3 is 68.5 Å². The van der Waals surface area contributed by atoms with E-state index in [0.29, 0.717) is 39.1 Å². The summed E-state index contributed by atoms with van der Waals surface area (Å²) in [6, 6.07) is 6.79. The van der Waals surface area contributed by atoms with Gasteiger partial charge in [-0.15, -0.1) is 10.2 Å². The lowest BCUT2D eigenvalue weighted by Gasteiger charge is -2.49. The molecule has 3 aliphatic heterocycles. The van der Waals surface area contributed by atoms with Crippen LogP contribution >= 0.6 is 11.5 Å². The Balaban J connectivity index is 1.19. The summed E-state index contributed by atoms with van der Waals surface area (Å²) in [6.07, 6.45) is -5.78. The second-order valence-electron chi connectivity index (χ2n) is 21.9. The highest BCUT2D eigenvalue weighted by Gasteiger charge is 2.53. The number of aliphatic hydroxyl groups is 5. The van der Waals surface area contributed by atoms with Crippen LogP contribution in [0, 0.1) is 17.8 Å². The normalized spacial score (nSPS) is 38.7. The van der Waals surface area contributed by atoms with Crippen LogP contribution in [-0.2, 0) is 46.2 Å². The number of aryl methyl sites for hydroxylation is 1. The molecule has 20 nitrogen and oxygen atoms in total. The number of hydrogen-bond acceptors (Lipinski definition) is 20. The van der Waals surface area contributed by atoms with E-state index in [1.807, 2.05) is 75.6 Å². The minimum Gasteiger partial charge on any atom is -0.494 e. The van der Waals surface area contributed by atoms with Gasteiger partial charge >= 0.3 is 5.97 Å². The second kappa shape index (κ2) is 25.2. The third kappa shape index (κ3) is 14.4. The minimum absolute atomic E-state index is 0.104. The zero-order chi connectivity index (χ0) is 53.6. The van der Waals surface area contributed by atoms with Gasteiger partial charge in [-0.3, -0.25) is 9.48 Å². The molecular formula is C52H85N7O13S. The van der Waals surface area contributed by atoms with Crippen molar-refractivity contribution in [2.45, 2.75) is 205 Å². The van der Waals surface area contributed by atoms with Crippen molar-refractivity contribution in [2.75, 3.05) is 40.9 Å². The third-order valence-corrected chi connectivity index (χ3v) is 16.2. The molecule has 412 valence electrons. The lowest BCUT2D eigenvalue weighted by molar-refractivity contribution is -0.318. The van der Waals surface area contributed by atoms with E-state index in [0.717, 1.165) is 29.1 Å². The van der Waals surface area contributed by atoms with Gasteiger partial charge in [0.25, 0.3) is 0 Å². The van der Waals surface area contributed by atoms with Crippen LogP contribution in [0.4, 0.5) is 0 Å². The maximum Gasteiger partial charge on any atom is 0.311 e. The van der Waals surface area contributed by atoms with E-state index in [-0.39, 0.29) is 31.3 Å². The molecule has 5 N–H and O–H groups in total. The lowest BCUT2D eigenvalue weighted by Crippen LogP contribution is -2.61. The number of esters is 1. The topological polar surface area (TPSA) is 246 Å². The number of benzene rings is 1. The number of hydrogen-bond donors (Lipinski definition) is 5. The Morgan fingerprint density at radius 3 is 2.33 bits per heavy atom. The standard InChI is InChI=1S/C52H85N7O13S/c1-14-41-52(10,65)45(61)34(6)58(12)27-30(2)25-50(8,64)47(32(4)44(33(5)48(63)70-41)71-42-26-51(9,66-13)46(62)35(7)69-42)72-49-43(60)40(24-31(3)68-49)57(11)22-20-37-28-59(55-53-37)21-15-23-67-38-18-16-36(17-19-38)39-29-73-56-54-39/h16-19,28-35,40-47,49,60-62,64-65H,14-15,20-27H2,1-13H3/t30-,31-,32+,33-,34-,35+,40+,41-,42+,43-,44+,45-,46+,47-,49+,50-,51-,52-/m1/s1. The smallest absolute Gasteiger partial charge is 0.311 e. The van der Waals surface area contributed by atoms with Gasteiger partial charge in [0.15, 0.2) is 12.6 Å². The predicted molar refractivity (Wildman–Crippen MR) is 272 cm³/mol. The molecular weight excluding hydrogens is 963 g/mol. The van der Waals surface area contributed by atoms with E-state index < -0.39 is 102 Å². The summed E-state index contributed by atoms with van der Waals surface area (Å²) >= 11 is 1.31. The molecule has 1 aromatic carbocycles. The molecule has 73 heavy (non-hydrogen) atoms. The van der Waals surface area contributed by atoms with Gasteiger partial charge in [0.2, 0.25) is 0 Å². The Labute approximate surface area is 435 Å². The molecule has 0 unspecified atom stereocenters. The Morgan fingerprint density at radius 2 is 1.67 bits per heavy atom. The summed E-state index contributed by atoms with van der Waals surface area (Å²) in [5.41, 5.74) is -1.90. The zero-order valence-electron chi connectivity index (χ0n) is 45.2. The Morgan fingerprint density at radius 1 is 0.959 bits per heavy atom. The van der Waals surface area contributed by atoms with Gasteiger partial charge in [-0.25, -0.2) is 0 Å². The average molecular weight is 1050 g/mol. The van der Waals surface area contributed by atoms with Crippen molar-refractivity contribution >= 4 is 17.5 Å². The fourth-order valence-electron chi connectivity index (χ4n) is 11.1. The van der Waals surface area contributed by atoms with E-state index in [9.17, 15) is 30.3 Å². The largest absolute Gasteiger partial charge is 0.494 e. The van der Waals surface area contributed by atoms with Crippen LogP contribution in [0.2, 0.25) is 0 Å². The molecule has 3 aromatic rings. The first-order chi connectivity index (χ1) is 34.4. The van der Waals surface area contributed by atoms with Crippen molar-refractivity contribution in [1.82, 2.24) is 34.4 Å². The lowest BCUT2D eigenvalue weighted by atomic mass is 9.77. The molecule has 0 saturated carbocycles. The second-order valence-corrected chi connectivity index (χ2v) is 22.5. The third-order valence-electron chi connectivity index (χ3n) is 15.7. The molecule has 0 spiro atoms. The van der Waals surface area contributed by atoms with Crippen LogP contribution in [0.5, 0.6) is 5.75 Å². The van der Waals surface area contributed by atoms with Crippen LogP contribution in [0.1, 0.15) is 107 Å². The van der Waals surface area contributed by atoms with Crippen molar-refractivity contribution < 1.29 is 63.5 Å². The van der Waals surface area contributed by atoms with Crippen molar-refractivity contribution in [1.29, 1.82) is 0 Å². The van der Waals surface area contributed by atoms with Gasteiger partial charge in [-0.05, 0) is 124 Å². The first-order valence-electron chi connectivity index (χ1n) is 26.0. The molecule has 0 bridgehead atoms. The molecule has 18 atom stereocenters. The van der Waals surface area contributed by atoms with Gasteiger partial charge in [-0.1, -0.05) is 30.5 Å². The van der Waals surface area contributed by atoms with E-state index in [1.165, 1.54) is 25.6 Å². The number of carbonyl (C=O) groups excluding carboxylic acids is 1. The molecule has 3 aliphatic rings. The number of cyclic esters (lactones) is 1. The summed E-state index contributed by atoms with van der Waals surface area (Å²) in [4.78, 5) is 18.5. The molecule has 0 amide bonds. The number of likely N-dealkylation sites (N-methyl/N-ethyl adjacent to an activating group) is 2. The van der Waals surface area contributed by atoms with Crippen LogP contribution in [-0.4, -0.2) is 197 Å². The Hall–Kier alpha value is -3.29. The van der Waals surface area contributed by atoms with Crippen LogP contribution in [0.25, 0.3) is 11.3 Å². The summed E-state index contributed by atoms with van der Waals surface area (Å²) in [7, 11) is 5.29. The molecule has 0 radical (unpaired) electrons. The predicted octanol–water partition coefficient (Wildman–Crippen LogP) is 4.09. The summed E-state index contributed by atoms with van der Waals surface area (Å²) in [6.45, 7) is 19.7. The van der Waals surface area contributed by atoms with Crippen molar-refractivity contribution in [3.8, 4) is 17.0 Å². The average Bonchev–Trinajstić information content (AvgIpc) is 4.06. The number of ether oxygens (including phenoxy) is 7. The number of carbonyl (C=O) groups is 1. The molecule has 0 aliphatic carbocycles. The number of aliphatic hydroxyl groups excluding tert-OH is 3. The molecule has 3 saturated heterocycles. The molecule has 5 heterocycles. The van der Waals surface area contributed by atoms with Crippen LogP contribution < -0.4 is 4.74 Å². The highest BCUT2D eigenvalue weighted by molar-refractivity contribution is 7.03. The van der Waals surface area contributed by atoms with E-state index in [1.54, 1.807) is 46.2 Å². The number of aromatic nitrogens is 5. The highest BCUT2D eigenvalue weighted by atomic mass is 32.1. The fourth-order valence-corrected chi connectivity index (χ4v) is 11.6. The van der Waals surface area contributed by atoms with Gasteiger partial charge in [0.05, 0.1) is 53.8 Å². The molecule has 3 fully saturated rings. The number of rotatable bonds is 16. The van der Waals surface area contributed by atoms with E-state index >= 15 is 0 Å². The Kier molecular flexibility index (Phi) is 20.4. The summed E-state index contributed by atoms with van der Waals surface area (Å²) in [5.74, 6) is -2.00. The molecule has 21 heteroatoms. The maximum absolute atomic E-state index is 14.5. The zero-order valence-corrected chi connectivity index (χ0v) is 46.1. The van der Waals surface area contributed by atoms with Gasteiger partial charge in [-0.2, -0.15) is 0 Å². The first-order valence-corrected chi connectivity index (χ1v) is 26.9. The van der Waals surface area contributed by atoms with Gasteiger partial charge in [0.1, 0.15) is 41.5 Å². The fraction of sp³-hybridized carbons (Fsp3) is 0.788. The van der Waals surface area contributed by atoms with Crippen LogP contribution in [0.3, 0.4) is 0 Å². The summed E-state index contributed by atoms with van der Waals surface area (Å²) < 4.78 is 50.0. The highest BCUT2D eigenvalue weighted by Crippen LogP contribution is 2.40. The Bertz CT molecular complexity index is 2150. The van der Waals surface area contributed by atoms with Crippen LogP contribution in [0.15, 0.2) is 35.8 Å². The monoisotopic (exact) mass is 1050 g/mol. The van der Waals surface area contributed by atoms with Crippen molar-refractivity contribution in [3.05, 3.63) is 41.5 Å². The summed E-state index contributed by atoms with van der Waals surface area (Å²) in [5, 5.41) is 74.5. The first kappa shape index (κ1) is 59.0. The van der Waals surface area contributed by atoms with Crippen molar-refractivity contribution in [2.24, 2.45) is 17.8 Å². The maximum atomic E-state index is 14.5. The van der Waals surface area contributed by atoms with Crippen molar-refractivity contribution in [3.63, 3.8) is 0 Å². The number of methoxy groups -OCH3 is 1. The molecule has 2 aromatic heterocycles. The van der Waals surface area contributed by atoms with Gasteiger partial charge in [0, 0.05) is 81.1 Å². The quantitative estimate of drug-likeness (QED) is 0.100. The molecule has 6 rings (SSSR count). The minimum atomic E-state index is -1.83. The number of nitrogens with zero attached hydrogens (tertiary/aromatic N) is 7. The SMILES string of the molecule is CC[C@H]1OC(=O)[C@H](C)[C@@H](O[C@H]2C[C@@](C)(OC)[C@@H](O)[C@H](C)O2)[C@H](C)[C@@H](O[C@@H]2O[C@H](C)C[C@H](N(C)CCc3cn(CCCOc4ccc(-c5csnn5)cc4)nn3)[C@H]2O)[C@](C)(O)C[C@@H](C)CN(C)[C@H](C)[C@@H](O)[C@]1(C)O. The van der Waals surface area contributed by atoms with E-state index in [4.69, 9.17) is 33.2 Å². The van der Waals surface area contributed by atoms with E-state index in [2.05, 4.69) is 24.8 Å².